The van der Waals surface area contributed by atoms with Crippen LogP contribution in [0.3, 0.4) is 0 Å². The second-order valence-electron chi connectivity index (χ2n) is 5.19. The highest BCUT2D eigenvalue weighted by Crippen LogP contribution is 2.12. The molecule has 0 aliphatic carbocycles. The third-order valence-corrected chi connectivity index (χ3v) is 3.47. The molecule has 7 heteroatoms. The quantitative estimate of drug-likeness (QED) is 0.765. The Balaban J connectivity index is 4.04. The highest BCUT2D eigenvalue weighted by molar-refractivity contribution is 8.13. The van der Waals surface area contributed by atoms with Gasteiger partial charge in [-0.25, -0.2) is 13.2 Å². The van der Waals surface area contributed by atoms with Crippen molar-refractivity contribution in [1.82, 2.24) is 5.32 Å². The van der Waals surface area contributed by atoms with E-state index in [0.717, 1.165) is 6.42 Å². The van der Waals surface area contributed by atoms with Gasteiger partial charge in [-0.1, -0.05) is 13.3 Å². The van der Waals surface area contributed by atoms with E-state index in [0.29, 0.717) is 13.0 Å². The predicted molar refractivity (Wildman–Crippen MR) is 72.3 cm³/mol. The smallest absolute Gasteiger partial charge is 0.407 e. The maximum absolute atomic E-state index is 11.4. The van der Waals surface area contributed by atoms with Crippen LogP contribution in [0.2, 0.25) is 0 Å². The number of rotatable bonds is 6. The summed E-state index contributed by atoms with van der Waals surface area (Å²) >= 11 is 0. The van der Waals surface area contributed by atoms with Crippen molar-refractivity contribution < 1.29 is 17.9 Å². The normalized spacial score (nSPS) is 14.1. The molecule has 0 aromatic heterocycles. The summed E-state index contributed by atoms with van der Waals surface area (Å²) in [5, 5.41) is 2.63. The molecular formula is C11H22ClNO4S. The Morgan fingerprint density at radius 2 is 1.94 bits per heavy atom. The fourth-order valence-corrected chi connectivity index (χ4v) is 2.18. The molecule has 18 heavy (non-hydrogen) atoms. The third kappa shape index (κ3) is 10.7. The molecule has 0 rings (SSSR count). The summed E-state index contributed by atoms with van der Waals surface area (Å²) in [7, 11) is 1.68. The summed E-state index contributed by atoms with van der Waals surface area (Å²) in [4.78, 5) is 11.4. The Hall–Kier alpha value is -0.490. The Morgan fingerprint density at radius 3 is 2.33 bits per heavy atom. The first-order valence-corrected chi connectivity index (χ1v) is 8.40. The Bertz CT molecular complexity index is 362. The highest BCUT2D eigenvalue weighted by Gasteiger charge is 2.18. The molecule has 5 nitrogen and oxygen atoms in total. The van der Waals surface area contributed by atoms with Gasteiger partial charge in [0.1, 0.15) is 5.60 Å². The number of amides is 1. The average Bonchev–Trinajstić information content (AvgIpc) is 2.13. The van der Waals surface area contributed by atoms with Crippen LogP contribution < -0.4 is 5.32 Å². The van der Waals surface area contributed by atoms with Crippen LogP contribution in [0.1, 0.15) is 40.5 Å². The van der Waals surface area contributed by atoms with E-state index in [2.05, 4.69) is 5.32 Å². The molecule has 1 unspecified atom stereocenters. The molecule has 1 N–H and O–H groups in total. The lowest BCUT2D eigenvalue weighted by Gasteiger charge is -2.21. The fourth-order valence-electron chi connectivity index (χ4n) is 1.30. The highest BCUT2D eigenvalue weighted by atomic mass is 35.7. The van der Waals surface area contributed by atoms with Crippen molar-refractivity contribution in [2.75, 3.05) is 12.3 Å². The summed E-state index contributed by atoms with van der Waals surface area (Å²) < 4.78 is 26.7. The van der Waals surface area contributed by atoms with E-state index >= 15 is 0 Å². The number of carbonyl (C=O) groups excluding carboxylic acids is 1. The van der Waals surface area contributed by atoms with Crippen LogP contribution in [0.4, 0.5) is 4.79 Å². The zero-order chi connectivity index (χ0) is 14.4. The second-order valence-corrected chi connectivity index (χ2v) is 8.09. The van der Waals surface area contributed by atoms with E-state index in [1.807, 2.05) is 6.92 Å². The van der Waals surface area contributed by atoms with Crippen LogP contribution >= 0.6 is 10.7 Å². The number of hydrogen-bond acceptors (Lipinski definition) is 4. The van der Waals surface area contributed by atoms with E-state index in [1.165, 1.54) is 0 Å². The van der Waals surface area contributed by atoms with Crippen LogP contribution in [0.15, 0.2) is 0 Å². The fraction of sp³-hybridized carbons (Fsp3) is 0.909. The molecule has 0 radical (unpaired) electrons. The lowest BCUT2D eigenvalue weighted by atomic mass is 10.0. The minimum atomic E-state index is -3.47. The average molecular weight is 300 g/mol. The van der Waals surface area contributed by atoms with Crippen LogP contribution in [0.25, 0.3) is 0 Å². The number of halogens is 1. The van der Waals surface area contributed by atoms with Gasteiger partial charge in [0.05, 0.1) is 5.75 Å². The number of nitrogens with one attached hydrogen (secondary N) is 1. The topological polar surface area (TPSA) is 72.5 Å². The number of hydrogen-bond donors (Lipinski definition) is 1. The molecule has 1 amide bonds. The molecule has 0 fully saturated rings. The zero-order valence-corrected chi connectivity index (χ0v) is 12.9. The van der Waals surface area contributed by atoms with Gasteiger partial charge in [0.2, 0.25) is 9.05 Å². The van der Waals surface area contributed by atoms with Crippen molar-refractivity contribution >= 4 is 25.8 Å². The predicted octanol–water partition coefficient (Wildman–Crippen LogP) is 2.50. The molecule has 0 aromatic rings. The summed E-state index contributed by atoms with van der Waals surface area (Å²) in [6, 6.07) is 0. The van der Waals surface area contributed by atoms with Gasteiger partial charge in [-0.2, -0.15) is 0 Å². The Labute approximate surface area is 114 Å². The minimum Gasteiger partial charge on any atom is -0.444 e. The summed E-state index contributed by atoms with van der Waals surface area (Å²) in [5.41, 5.74) is -0.536. The number of carbonyl (C=O) groups is 1. The molecule has 0 saturated heterocycles. The largest absolute Gasteiger partial charge is 0.444 e. The summed E-state index contributed by atoms with van der Waals surface area (Å²) in [6.07, 6.45) is 0.704. The lowest BCUT2D eigenvalue weighted by Crippen LogP contribution is -2.35. The van der Waals surface area contributed by atoms with Gasteiger partial charge in [0, 0.05) is 17.2 Å². The van der Waals surface area contributed by atoms with Gasteiger partial charge in [0.25, 0.3) is 0 Å². The monoisotopic (exact) mass is 299 g/mol. The lowest BCUT2D eigenvalue weighted by molar-refractivity contribution is 0.0518. The number of ether oxygens (including phenoxy) is 1. The summed E-state index contributed by atoms with van der Waals surface area (Å²) in [6.45, 7) is 7.66. The van der Waals surface area contributed by atoms with Crippen molar-refractivity contribution in [1.29, 1.82) is 0 Å². The van der Waals surface area contributed by atoms with Crippen molar-refractivity contribution in [3.63, 3.8) is 0 Å². The first kappa shape index (κ1) is 17.5. The van der Waals surface area contributed by atoms with Gasteiger partial charge in [-0.3, -0.25) is 0 Å². The number of alkyl carbamates (subject to hydrolysis) is 1. The van der Waals surface area contributed by atoms with Crippen LogP contribution in [0.5, 0.6) is 0 Å². The molecule has 0 aliphatic heterocycles. The zero-order valence-electron chi connectivity index (χ0n) is 11.3. The molecule has 0 aliphatic rings. The van der Waals surface area contributed by atoms with E-state index < -0.39 is 20.7 Å². The maximum Gasteiger partial charge on any atom is 0.407 e. The SMILES string of the molecule is CCC(CCS(=O)(=O)Cl)CNC(=O)OC(C)(C)C. The Morgan fingerprint density at radius 1 is 1.39 bits per heavy atom. The molecule has 0 spiro atoms. The molecule has 0 aromatic carbocycles. The van der Waals surface area contributed by atoms with Crippen molar-refractivity contribution in [3.05, 3.63) is 0 Å². The van der Waals surface area contributed by atoms with Crippen molar-refractivity contribution in [3.8, 4) is 0 Å². The van der Waals surface area contributed by atoms with E-state index in [-0.39, 0.29) is 11.7 Å². The Kier molecular flexibility index (Phi) is 6.99. The first-order chi connectivity index (χ1) is 8.03. The van der Waals surface area contributed by atoms with E-state index in [4.69, 9.17) is 15.4 Å². The van der Waals surface area contributed by atoms with Gasteiger partial charge in [-0.05, 0) is 33.1 Å². The van der Waals surface area contributed by atoms with Gasteiger partial charge < -0.3 is 10.1 Å². The standard InChI is InChI=1S/C11H22ClNO4S/c1-5-9(6-7-18(12,15)16)8-13-10(14)17-11(2,3)4/h9H,5-8H2,1-4H3,(H,13,14). The van der Waals surface area contributed by atoms with Gasteiger partial charge >= 0.3 is 6.09 Å². The van der Waals surface area contributed by atoms with Gasteiger partial charge in [0.15, 0.2) is 0 Å². The molecule has 1 atom stereocenters. The van der Waals surface area contributed by atoms with Crippen LogP contribution in [-0.2, 0) is 13.8 Å². The second kappa shape index (κ2) is 7.19. The van der Waals surface area contributed by atoms with Gasteiger partial charge in [-0.15, -0.1) is 0 Å². The third-order valence-electron chi connectivity index (χ3n) is 2.28. The van der Waals surface area contributed by atoms with Crippen LogP contribution in [0, 0.1) is 5.92 Å². The maximum atomic E-state index is 11.4. The van der Waals surface area contributed by atoms with E-state index in [9.17, 15) is 13.2 Å². The summed E-state index contributed by atoms with van der Waals surface area (Å²) in [5.74, 6) is -0.00526. The minimum absolute atomic E-state index is 0.0750. The molecular weight excluding hydrogens is 278 g/mol. The van der Waals surface area contributed by atoms with Crippen LogP contribution in [-0.4, -0.2) is 32.4 Å². The van der Waals surface area contributed by atoms with E-state index in [1.54, 1.807) is 20.8 Å². The molecule has 108 valence electrons. The molecule has 0 bridgehead atoms. The van der Waals surface area contributed by atoms with Crippen molar-refractivity contribution in [2.45, 2.75) is 46.1 Å². The van der Waals surface area contributed by atoms with Crippen molar-refractivity contribution in [2.24, 2.45) is 5.92 Å². The molecule has 0 heterocycles. The molecule has 0 saturated carbocycles. The first-order valence-electron chi connectivity index (χ1n) is 5.92.